The van der Waals surface area contributed by atoms with E-state index in [1.807, 2.05) is 12.4 Å². The average Bonchev–Trinajstić information content (AvgIpc) is 3.34. The molecular weight excluding hydrogens is 262 g/mol. The van der Waals surface area contributed by atoms with E-state index >= 15 is 0 Å². The van der Waals surface area contributed by atoms with Crippen molar-refractivity contribution in [3.05, 3.63) is 24.0 Å². The summed E-state index contributed by atoms with van der Waals surface area (Å²) < 4.78 is 5.31. The van der Waals surface area contributed by atoms with Crippen LogP contribution in [0.4, 0.5) is 5.69 Å². The summed E-state index contributed by atoms with van der Waals surface area (Å²) in [6.45, 7) is 8.18. The molecule has 4 heteroatoms. The van der Waals surface area contributed by atoms with Gasteiger partial charge in [-0.1, -0.05) is 6.92 Å². The van der Waals surface area contributed by atoms with E-state index in [0.717, 1.165) is 38.6 Å². The lowest BCUT2D eigenvalue weighted by atomic mass is 10.1. The monoisotopic (exact) mass is 291 g/mol. The van der Waals surface area contributed by atoms with Gasteiger partial charge >= 0.3 is 0 Å². The van der Waals surface area contributed by atoms with Gasteiger partial charge in [-0.25, -0.2) is 0 Å². The summed E-state index contributed by atoms with van der Waals surface area (Å²) in [6, 6.07) is 2.73. The van der Waals surface area contributed by atoms with Crippen molar-refractivity contribution in [2.75, 3.05) is 31.7 Å². The van der Waals surface area contributed by atoms with E-state index in [9.17, 15) is 0 Å². The lowest BCUT2D eigenvalue weighted by Gasteiger charge is -2.33. The molecule has 1 saturated carbocycles. The molecule has 0 saturated heterocycles. The first-order valence-electron chi connectivity index (χ1n) is 8.17. The molecule has 2 rings (SSSR count). The van der Waals surface area contributed by atoms with Crippen molar-refractivity contribution in [1.82, 2.24) is 10.3 Å². The third kappa shape index (κ3) is 4.68. The van der Waals surface area contributed by atoms with E-state index in [0.29, 0.717) is 6.04 Å². The maximum absolute atomic E-state index is 5.31. The fourth-order valence-electron chi connectivity index (χ4n) is 2.80. The van der Waals surface area contributed by atoms with Crippen LogP contribution in [-0.2, 0) is 11.3 Å². The molecular formula is C17H29N3O. The van der Waals surface area contributed by atoms with Gasteiger partial charge in [-0.15, -0.1) is 0 Å². The average molecular weight is 291 g/mol. The number of pyridine rings is 1. The van der Waals surface area contributed by atoms with Crippen LogP contribution in [0.5, 0.6) is 0 Å². The maximum atomic E-state index is 5.31. The summed E-state index contributed by atoms with van der Waals surface area (Å²) in [4.78, 5) is 6.81. The molecule has 1 aromatic heterocycles. The highest BCUT2D eigenvalue weighted by Gasteiger charge is 2.32. The quantitative estimate of drug-likeness (QED) is 0.673. The lowest BCUT2D eigenvalue weighted by molar-refractivity contribution is 0.202. The number of nitrogens with zero attached hydrogens (tertiary/aromatic N) is 2. The van der Waals surface area contributed by atoms with E-state index in [4.69, 9.17) is 4.74 Å². The molecule has 1 aliphatic carbocycles. The Bertz CT molecular complexity index is 420. The van der Waals surface area contributed by atoms with Gasteiger partial charge in [0, 0.05) is 49.9 Å². The van der Waals surface area contributed by atoms with Gasteiger partial charge in [0.2, 0.25) is 0 Å². The molecule has 0 bridgehead atoms. The molecule has 1 aliphatic rings. The number of methoxy groups -OCH3 is 1. The minimum Gasteiger partial charge on any atom is -0.383 e. The smallest absolute Gasteiger partial charge is 0.0637 e. The van der Waals surface area contributed by atoms with Crippen LogP contribution in [0.25, 0.3) is 0 Å². The molecule has 1 N–H and O–H groups in total. The second kappa shape index (κ2) is 8.35. The van der Waals surface area contributed by atoms with Crippen molar-refractivity contribution in [2.24, 2.45) is 5.92 Å². The molecule has 0 spiro atoms. The standard InChI is InChI=1S/C17H29N3O/c1-4-8-18-12-16-13-19-9-7-17(16)20(10-11-21-3)14(2)15-5-6-15/h7,9,13-15,18H,4-6,8,10-12H2,1-3H3. The topological polar surface area (TPSA) is 37.4 Å². The zero-order valence-electron chi connectivity index (χ0n) is 13.6. The minimum absolute atomic E-state index is 0.576. The fourth-order valence-corrected chi connectivity index (χ4v) is 2.80. The van der Waals surface area contributed by atoms with Crippen molar-refractivity contribution >= 4 is 5.69 Å². The molecule has 0 amide bonds. The van der Waals surface area contributed by atoms with E-state index in [1.54, 1.807) is 7.11 Å². The second-order valence-corrected chi connectivity index (χ2v) is 5.95. The molecule has 1 unspecified atom stereocenters. The van der Waals surface area contributed by atoms with Crippen LogP contribution in [0.15, 0.2) is 18.5 Å². The molecule has 1 aromatic rings. The third-order valence-electron chi connectivity index (χ3n) is 4.26. The largest absolute Gasteiger partial charge is 0.383 e. The normalized spacial score (nSPS) is 16.0. The summed E-state index contributed by atoms with van der Waals surface area (Å²) in [5.74, 6) is 0.839. The van der Waals surface area contributed by atoms with Gasteiger partial charge in [-0.3, -0.25) is 4.98 Å². The lowest BCUT2D eigenvalue weighted by Crippen LogP contribution is -2.38. The summed E-state index contributed by atoms with van der Waals surface area (Å²) in [5, 5.41) is 3.49. The van der Waals surface area contributed by atoms with Gasteiger partial charge < -0.3 is 15.0 Å². The predicted octanol–water partition coefficient (Wildman–Crippen LogP) is 2.83. The van der Waals surface area contributed by atoms with Crippen molar-refractivity contribution in [2.45, 2.75) is 45.7 Å². The Labute approximate surface area is 128 Å². The van der Waals surface area contributed by atoms with Crippen LogP contribution in [-0.4, -0.2) is 37.8 Å². The van der Waals surface area contributed by atoms with Gasteiger partial charge in [0.25, 0.3) is 0 Å². The zero-order valence-corrected chi connectivity index (χ0v) is 13.6. The van der Waals surface area contributed by atoms with E-state index in [2.05, 4.69) is 35.1 Å². The minimum atomic E-state index is 0.576. The van der Waals surface area contributed by atoms with Crippen LogP contribution in [0.2, 0.25) is 0 Å². The summed E-state index contributed by atoms with van der Waals surface area (Å²) >= 11 is 0. The highest BCUT2D eigenvalue weighted by molar-refractivity contribution is 5.53. The first kappa shape index (κ1) is 16.2. The highest BCUT2D eigenvalue weighted by atomic mass is 16.5. The van der Waals surface area contributed by atoms with Gasteiger partial charge in [0.1, 0.15) is 0 Å². The Kier molecular flexibility index (Phi) is 6.46. The van der Waals surface area contributed by atoms with Crippen molar-refractivity contribution in [3.8, 4) is 0 Å². The predicted molar refractivity (Wildman–Crippen MR) is 87.6 cm³/mol. The molecule has 0 aromatic carbocycles. The molecule has 21 heavy (non-hydrogen) atoms. The van der Waals surface area contributed by atoms with Gasteiger partial charge in [-0.2, -0.15) is 0 Å². The number of anilines is 1. The van der Waals surface area contributed by atoms with Crippen molar-refractivity contribution in [1.29, 1.82) is 0 Å². The Morgan fingerprint density at radius 1 is 1.48 bits per heavy atom. The molecule has 1 atom stereocenters. The number of nitrogens with one attached hydrogen (secondary N) is 1. The van der Waals surface area contributed by atoms with Crippen molar-refractivity contribution in [3.63, 3.8) is 0 Å². The molecule has 118 valence electrons. The second-order valence-electron chi connectivity index (χ2n) is 5.95. The maximum Gasteiger partial charge on any atom is 0.0637 e. The number of aromatic nitrogens is 1. The van der Waals surface area contributed by atoms with Crippen LogP contribution < -0.4 is 10.2 Å². The van der Waals surface area contributed by atoms with Gasteiger partial charge in [0.15, 0.2) is 0 Å². The fraction of sp³-hybridized carbons (Fsp3) is 0.706. The van der Waals surface area contributed by atoms with E-state index < -0.39 is 0 Å². The number of rotatable bonds is 10. The first-order chi connectivity index (χ1) is 10.3. The van der Waals surface area contributed by atoms with Gasteiger partial charge in [-0.05, 0) is 44.7 Å². The summed E-state index contributed by atoms with van der Waals surface area (Å²) in [7, 11) is 1.77. The highest BCUT2D eigenvalue weighted by Crippen LogP contribution is 2.37. The number of ether oxygens (including phenoxy) is 1. The Morgan fingerprint density at radius 3 is 2.95 bits per heavy atom. The van der Waals surface area contributed by atoms with Crippen LogP contribution >= 0.6 is 0 Å². The first-order valence-corrected chi connectivity index (χ1v) is 8.17. The Hall–Kier alpha value is -1.13. The number of hydrogen-bond acceptors (Lipinski definition) is 4. The summed E-state index contributed by atoms with van der Waals surface area (Å²) in [5.41, 5.74) is 2.60. The molecule has 0 aliphatic heterocycles. The van der Waals surface area contributed by atoms with E-state index in [1.165, 1.54) is 24.1 Å². The molecule has 4 nitrogen and oxygen atoms in total. The van der Waals surface area contributed by atoms with Gasteiger partial charge in [0.05, 0.1) is 6.61 Å². The Morgan fingerprint density at radius 2 is 2.29 bits per heavy atom. The van der Waals surface area contributed by atoms with Crippen LogP contribution in [0.3, 0.4) is 0 Å². The zero-order chi connectivity index (χ0) is 15.1. The molecule has 0 radical (unpaired) electrons. The number of hydrogen-bond donors (Lipinski definition) is 1. The van der Waals surface area contributed by atoms with Crippen LogP contribution in [0, 0.1) is 5.92 Å². The summed E-state index contributed by atoms with van der Waals surface area (Å²) in [6.07, 6.45) is 7.77. The van der Waals surface area contributed by atoms with Crippen LogP contribution in [0.1, 0.15) is 38.7 Å². The third-order valence-corrected chi connectivity index (χ3v) is 4.26. The molecule has 1 fully saturated rings. The van der Waals surface area contributed by atoms with E-state index in [-0.39, 0.29) is 0 Å². The van der Waals surface area contributed by atoms with Crippen molar-refractivity contribution < 1.29 is 4.74 Å². The molecule has 1 heterocycles. The Balaban J connectivity index is 2.13. The SMILES string of the molecule is CCCNCc1cnccc1N(CCOC)C(C)C1CC1.